The minimum absolute atomic E-state index is 0.00684. The van der Waals surface area contributed by atoms with Crippen LogP contribution in [0.1, 0.15) is 47.9 Å². The first kappa shape index (κ1) is 53.2. The van der Waals surface area contributed by atoms with E-state index in [1.807, 2.05) is 97.1 Å². The van der Waals surface area contributed by atoms with Crippen LogP contribution < -0.4 is 54.8 Å². The van der Waals surface area contributed by atoms with Gasteiger partial charge in [0, 0.05) is 107 Å². The number of fused-ring (bicyclic) bond motifs is 4. The summed E-state index contributed by atoms with van der Waals surface area (Å²) < 4.78 is 0. The normalized spacial score (nSPS) is 20.0. The Labute approximate surface area is 447 Å². The number of carbonyl (C=O) groups is 6. The molecule has 4 aromatic heterocycles. The van der Waals surface area contributed by atoms with E-state index in [-0.39, 0.29) is 76.4 Å². The zero-order valence-corrected chi connectivity index (χ0v) is 42.7. The molecule has 22 heteroatoms. The summed E-state index contributed by atoms with van der Waals surface area (Å²) in [4.78, 5) is 111. The van der Waals surface area contributed by atoms with Gasteiger partial charge in [-0.05, 0) is 72.2 Å². The Balaban J connectivity index is 1.14. The topological polar surface area (TPSA) is 367 Å². The second kappa shape index (κ2) is 24.4. The third kappa shape index (κ3) is 12.9. The van der Waals surface area contributed by atoms with Crippen molar-refractivity contribution in [3.63, 3.8) is 0 Å². The van der Waals surface area contributed by atoms with Crippen molar-refractivity contribution >= 4 is 91.0 Å². The number of benzene rings is 4. The second-order valence-electron chi connectivity index (χ2n) is 19.5. The van der Waals surface area contributed by atoms with Gasteiger partial charge in [0.1, 0.15) is 36.3 Å². The molecule has 0 unspecified atom stereocenters. The first-order chi connectivity index (χ1) is 37.8. The summed E-state index contributed by atoms with van der Waals surface area (Å²) in [6, 6.07) is 22.0. The molecule has 9 rings (SSSR count). The van der Waals surface area contributed by atoms with Crippen LogP contribution in [0.2, 0.25) is 0 Å². The maximum atomic E-state index is 15.3. The molecule has 6 atom stereocenters. The van der Waals surface area contributed by atoms with Crippen LogP contribution in [-0.4, -0.2) is 117 Å². The predicted molar refractivity (Wildman–Crippen MR) is 299 cm³/mol. The number of H-pyrrole nitrogens is 4. The molecule has 1 fully saturated rings. The Kier molecular flexibility index (Phi) is 16.6. The lowest BCUT2D eigenvalue weighted by Crippen LogP contribution is -2.62. The van der Waals surface area contributed by atoms with Crippen molar-refractivity contribution in [2.75, 3.05) is 13.1 Å². The van der Waals surface area contributed by atoms with Gasteiger partial charge in [0.2, 0.25) is 35.4 Å². The van der Waals surface area contributed by atoms with Crippen LogP contribution >= 0.6 is 0 Å². The molecule has 22 nitrogen and oxygen atoms in total. The largest absolute Gasteiger partial charge is 0.370 e. The minimum Gasteiger partial charge on any atom is -0.370 e. The summed E-state index contributed by atoms with van der Waals surface area (Å²) in [5.41, 5.74) is 28.5. The third-order valence-electron chi connectivity index (χ3n) is 14.1. The number of amides is 6. The van der Waals surface area contributed by atoms with Gasteiger partial charge in [0.25, 0.3) is 0 Å². The van der Waals surface area contributed by atoms with Crippen molar-refractivity contribution in [2.24, 2.45) is 32.9 Å². The molecule has 78 heavy (non-hydrogen) atoms. The highest BCUT2D eigenvalue weighted by atomic mass is 16.2. The SMILES string of the molecule is NC(N)=NCCC[C@@H]1NC(=O)[C@H](CCCN=C(N)N)NC(=O)[C@H](Cc2c[nH]c3ccccc23)NC(=O)[C@H](Cc2c[nH]c3ccccc23)NC(=O)[C@H](Cc2c[nH]c3ccccc23)NC(=O)[C@H](Cc2c[nH]c3ccccc23)NC1=O. The summed E-state index contributed by atoms with van der Waals surface area (Å²) in [6.07, 6.45) is 7.22. The molecule has 0 saturated carbocycles. The number of nitrogens with one attached hydrogen (secondary N) is 10. The molecule has 0 radical (unpaired) electrons. The van der Waals surface area contributed by atoms with E-state index >= 15 is 19.2 Å². The van der Waals surface area contributed by atoms with Gasteiger partial charge in [0.05, 0.1) is 0 Å². The fourth-order valence-electron chi connectivity index (χ4n) is 10.1. The van der Waals surface area contributed by atoms with Crippen molar-refractivity contribution < 1.29 is 28.8 Å². The number of para-hydroxylation sites is 4. The monoisotopic (exact) mass is 1060 g/mol. The van der Waals surface area contributed by atoms with Crippen molar-refractivity contribution in [3.05, 3.63) is 144 Å². The highest BCUT2D eigenvalue weighted by Gasteiger charge is 2.36. The average Bonchev–Trinajstić information content (AvgIpc) is 4.28. The van der Waals surface area contributed by atoms with Crippen molar-refractivity contribution in [2.45, 2.75) is 87.6 Å². The lowest BCUT2D eigenvalue weighted by atomic mass is 9.99. The molecule has 5 heterocycles. The fraction of sp³-hybridized carbons (Fsp3) is 0.286. The Morgan fingerprint density at radius 3 is 0.833 bits per heavy atom. The highest BCUT2D eigenvalue weighted by Crippen LogP contribution is 2.24. The number of hydrogen-bond acceptors (Lipinski definition) is 8. The molecule has 4 aromatic carbocycles. The highest BCUT2D eigenvalue weighted by molar-refractivity contribution is 6.00. The van der Waals surface area contributed by atoms with E-state index in [9.17, 15) is 9.59 Å². The first-order valence-electron chi connectivity index (χ1n) is 25.9. The molecular weight excluding hydrogens is 993 g/mol. The number of carbonyl (C=O) groups excluding carboxylic acids is 6. The number of aromatic nitrogens is 4. The Morgan fingerprint density at radius 1 is 0.346 bits per heavy atom. The maximum Gasteiger partial charge on any atom is 0.243 e. The smallest absolute Gasteiger partial charge is 0.243 e. The van der Waals surface area contributed by atoms with Crippen LogP contribution in [0.25, 0.3) is 43.6 Å². The summed E-state index contributed by atoms with van der Waals surface area (Å²) in [5, 5.41) is 20.7. The Morgan fingerprint density at radius 2 is 0.577 bits per heavy atom. The molecule has 0 aliphatic carbocycles. The first-order valence-corrected chi connectivity index (χ1v) is 25.9. The quantitative estimate of drug-likeness (QED) is 0.0379. The number of aliphatic imine (C=N–C) groups is 2. The lowest BCUT2D eigenvalue weighted by Gasteiger charge is -2.29. The molecule has 1 aliphatic heterocycles. The van der Waals surface area contributed by atoms with Gasteiger partial charge < -0.3 is 74.8 Å². The van der Waals surface area contributed by atoms with Crippen LogP contribution in [-0.2, 0) is 54.5 Å². The van der Waals surface area contributed by atoms with E-state index in [1.54, 1.807) is 24.8 Å². The summed E-state index contributed by atoms with van der Waals surface area (Å²) in [6.45, 7) is 0.197. The summed E-state index contributed by atoms with van der Waals surface area (Å²) in [5.74, 6) is -4.70. The number of guanidine groups is 2. The van der Waals surface area contributed by atoms with E-state index in [1.165, 1.54) is 0 Å². The van der Waals surface area contributed by atoms with Gasteiger partial charge in [0.15, 0.2) is 11.9 Å². The standard InChI is InChI=1S/C56H64N16O6/c57-55(58)61-21-9-19-43-49(73)67-44(20-10-22-62-56(59)60)50(74)69-46(24-32-28-64-40-16-6-2-12-36(32)40)52(76)71-48(26-34-30-66-42-18-8-4-14-38(34)42)54(78)72-47(25-33-29-65-41-17-7-3-13-37(33)41)53(77)70-45(51(75)68-43)23-31-27-63-39-15-5-1-11-35(31)39/h1-8,11-18,27-30,43-48,63-66H,9-10,19-26H2,(H,67,73)(H,68,75)(H,69,74)(H,70,77)(H,71,76)(H,72,78)(H4,57,58,61)(H4,59,60,62)/t43-,44-,45-,46-,47-,48-/m0/s1. The van der Waals surface area contributed by atoms with Crippen LogP contribution in [0.4, 0.5) is 0 Å². The van der Waals surface area contributed by atoms with E-state index in [0.29, 0.717) is 22.3 Å². The van der Waals surface area contributed by atoms with Crippen LogP contribution in [0, 0.1) is 0 Å². The van der Waals surface area contributed by atoms with Gasteiger partial charge >= 0.3 is 0 Å². The molecule has 0 spiro atoms. The molecule has 6 amide bonds. The van der Waals surface area contributed by atoms with E-state index < -0.39 is 71.7 Å². The molecule has 1 saturated heterocycles. The summed E-state index contributed by atoms with van der Waals surface area (Å²) >= 11 is 0. The number of nitrogens with two attached hydrogens (primary N) is 4. The second-order valence-corrected chi connectivity index (χ2v) is 19.5. The van der Waals surface area contributed by atoms with Crippen molar-refractivity contribution in [1.29, 1.82) is 0 Å². The van der Waals surface area contributed by atoms with E-state index in [4.69, 9.17) is 22.9 Å². The minimum atomic E-state index is -1.34. The number of aromatic amines is 4. The fourth-order valence-corrected chi connectivity index (χ4v) is 10.1. The predicted octanol–water partition coefficient (Wildman–Crippen LogP) is 1.91. The number of nitrogens with zero attached hydrogens (tertiary/aromatic N) is 2. The van der Waals surface area contributed by atoms with Gasteiger partial charge in [-0.15, -0.1) is 0 Å². The van der Waals surface area contributed by atoms with Crippen molar-refractivity contribution in [3.8, 4) is 0 Å². The van der Waals surface area contributed by atoms with Crippen LogP contribution in [0.15, 0.2) is 132 Å². The Bertz CT molecular complexity index is 3360. The van der Waals surface area contributed by atoms with Gasteiger partial charge in [-0.1, -0.05) is 72.8 Å². The molecule has 0 bridgehead atoms. The zero-order chi connectivity index (χ0) is 54.7. The molecular formula is C56H64N16O6. The van der Waals surface area contributed by atoms with Crippen LogP contribution in [0.5, 0.6) is 0 Å². The van der Waals surface area contributed by atoms with Gasteiger partial charge in [-0.2, -0.15) is 0 Å². The summed E-state index contributed by atoms with van der Waals surface area (Å²) in [7, 11) is 0. The number of hydrogen-bond donors (Lipinski definition) is 14. The third-order valence-corrected chi connectivity index (χ3v) is 14.1. The molecule has 8 aromatic rings. The molecule has 18 N–H and O–H groups in total. The van der Waals surface area contributed by atoms with Crippen molar-refractivity contribution in [1.82, 2.24) is 51.8 Å². The van der Waals surface area contributed by atoms with Crippen LogP contribution in [0.3, 0.4) is 0 Å². The molecule has 1 aliphatic rings. The average molecular weight is 1060 g/mol. The number of rotatable bonds is 16. The lowest BCUT2D eigenvalue weighted by molar-refractivity contribution is -0.136. The molecule has 404 valence electrons. The van der Waals surface area contributed by atoms with E-state index in [0.717, 1.165) is 43.6 Å². The Hall–Kier alpha value is -9.60. The van der Waals surface area contributed by atoms with E-state index in [2.05, 4.69) is 61.8 Å². The zero-order valence-electron chi connectivity index (χ0n) is 42.7. The van der Waals surface area contributed by atoms with Gasteiger partial charge in [-0.3, -0.25) is 38.8 Å². The van der Waals surface area contributed by atoms with Gasteiger partial charge in [-0.25, -0.2) is 0 Å². The maximum absolute atomic E-state index is 15.3.